The number of aromatic carboxylic acids is 1. The number of hydrogen-bond donors (Lipinski definition) is 1. The van der Waals surface area contributed by atoms with Gasteiger partial charge in [-0.25, -0.2) is 4.79 Å². The van der Waals surface area contributed by atoms with Crippen LogP contribution < -0.4 is 10.9 Å². The number of carbonyl (C=O) groups is 1. The fourth-order valence-corrected chi connectivity index (χ4v) is 2.46. The highest BCUT2D eigenvalue weighted by atomic mass is 16.4. The highest BCUT2D eigenvalue weighted by Gasteiger charge is 2.21. The third-order valence-corrected chi connectivity index (χ3v) is 3.48. The molecule has 0 saturated heterocycles. The summed E-state index contributed by atoms with van der Waals surface area (Å²) < 4.78 is 1.85. The second-order valence-electron chi connectivity index (χ2n) is 4.52. The van der Waals surface area contributed by atoms with Gasteiger partial charge in [0.1, 0.15) is 13.4 Å². The first-order chi connectivity index (χ1) is 8.02. The number of carboxylic acids is 1. The van der Waals surface area contributed by atoms with Crippen LogP contribution in [0.5, 0.6) is 0 Å². The first-order valence-corrected chi connectivity index (χ1v) is 5.77. The SMILES string of the molecule is [B]c1c(C)n(C2CCCC2)cc(C(=O)O)c1=O. The number of nitrogens with zero attached hydrogens (tertiary/aromatic N) is 1. The fraction of sp³-hybridized carbons (Fsp3) is 0.500. The van der Waals surface area contributed by atoms with Crippen molar-refractivity contribution >= 4 is 19.3 Å². The van der Waals surface area contributed by atoms with Crippen molar-refractivity contribution in [1.29, 1.82) is 0 Å². The third kappa shape index (κ3) is 2.01. The maximum Gasteiger partial charge on any atom is 0.341 e. The van der Waals surface area contributed by atoms with Crippen molar-refractivity contribution < 1.29 is 9.90 Å². The summed E-state index contributed by atoms with van der Waals surface area (Å²) >= 11 is 0. The van der Waals surface area contributed by atoms with E-state index < -0.39 is 11.4 Å². The molecule has 0 bridgehead atoms. The Morgan fingerprint density at radius 2 is 2.06 bits per heavy atom. The van der Waals surface area contributed by atoms with E-state index in [1.54, 1.807) is 6.92 Å². The van der Waals surface area contributed by atoms with Gasteiger partial charge in [0.05, 0.1) is 0 Å². The molecule has 0 aliphatic heterocycles. The van der Waals surface area contributed by atoms with Gasteiger partial charge in [0, 0.05) is 17.9 Å². The van der Waals surface area contributed by atoms with Crippen molar-refractivity contribution in [3.63, 3.8) is 0 Å². The summed E-state index contributed by atoms with van der Waals surface area (Å²) in [6.45, 7) is 1.76. The molecule has 1 fully saturated rings. The van der Waals surface area contributed by atoms with Crippen LogP contribution in [0.15, 0.2) is 11.0 Å². The third-order valence-electron chi connectivity index (χ3n) is 3.48. The van der Waals surface area contributed by atoms with Crippen LogP contribution in [0, 0.1) is 6.92 Å². The molecule has 1 saturated carbocycles. The predicted octanol–water partition coefficient (Wildman–Crippen LogP) is 0.764. The molecular weight excluding hydrogens is 217 g/mol. The van der Waals surface area contributed by atoms with E-state index in [9.17, 15) is 9.59 Å². The van der Waals surface area contributed by atoms with Crippen molar-refractivity contribution in [2.75, 3.05) is 0 Å². The summed E-state index contributed by atoms with van der Waals surface area (Å²) in [4.78, 5) is 22.7. The second-order valence-corrected chi connectivity index (χ2v) is 4.52. The molecule has 0 unspecified atom stereocenters. The molecule has 0 spiro atoms. The van der Waals surface area contributed by atoms with Gasteiger partial charge in [0.2, 0.25) is 0 Å². The molecule has 17 heavy (non-hydrogen) atoms. The van der Waals surface area contributed by atoms with E-state index in [1.165, 1.54) is 6.20 Å². The molecule has 1 aliphatic carbocycles. The van der Waals surface area contributed by atoms with Crippen LogP contribution in [0.3, 0.4) is 0 Å². The maximum absolute atomic E-state index is 11.7. The average molecular weight is 231 g/mol. The zero-order valence-electron chi connectivity index (χ0n) is 9.77. The molecule has 2 radical (unpaired) electrons. The Labute approximate surface area is 101 Å². The predicted molar refractivity (Wildman–Crippen MR) is 65.3 cm³/mol. The Bertz CT molecular complexity index is 515. The number of pyridine rings is 1. The van der Waals surface area contributed by atoms with Crippen molar-refractivity contribution in [1.82, 2.24) is 4.57 Å². The molecule has 88 valence electrons. The molecule has 2 rings (SSSR count). The molecule has 1 aliphatic rings. The largest absolute Gasteiger partial charge is 0.477 e. The fourth-order valence-electron chi connectivity index (χ4n) is 2.46. The highest BCUT2D eigenvalue weighted by molar-refractivity contribution is 6.33. The van der Waals surface area contributed by atoms with Crippen LogP contribution >= 0.6 is 0 Å². The lowest BCUT2D eigenvalue weighted by atomic mass is 9.91. The summed E-state index contributed by atoms with van der Waals surface area (Å²) in [6.07, 6.45) is 5.74. The van der Waals surface area contributed by atoms with Gasteiger partial charge in [-0.2, -0.15) is 0 Å². The van der Waals surface area contributed by atoms with Crippen LogP contribution in [-0.2, 0) is 0 Å². The Morgan fingerprint density at radius 1 is 1.47 bits per heavy atom. The van der Waals surface area contributed by atoms with Crippen LogP contribution in [0.1, 0.15) is 47.8 Å². The van der Waals surface area contributed by atoms with Crippen LogP contribution in [0.2, 0.25) is 0 Å². The highest BCUT2D eigenvalue weighted by Crippen LogP contribution is 2.29. The summed E-state index contributed by atoms with van der Waals surface area (Å²) in [6, 6.07) is 0.274. The monoisotopic (exact) mass is 231 g/mol. The van der Waals surface area contributed by atoms with Gasteiger partial charge < -0.3 is 9.67 Å². The molecule has 5 heteroatoms. The molecule has 0 aromatic carbocycles. The number of rotatable bonds is 2. The number of aromatic nitrogens is 1. The van der Waals surface area contributed by atoms with Gasteiger partial charge in [0.25, 0.3) is 0 Å². The Balaban J connectivity index is 2.59. The zero-order chi connectivity index (χ0) is 12.6. The Kier molecular flexibility index (Phi) is 3.09. The van der Waals surface area contributed by atoms with E-state index in [0.717, 1.165) is 25.7 Å². The Hall–Kier alpha value is -1.52. The molecule has 1 aromatic heterocycles. The Morgan fingerprint density at radius 3 is 2.59 bits per heavy atom. The van der Waals surface area contributed by atoms with Gasteiger partial charge in [-0.3, -0.25) is 4.79 Å². The van der Waals surface area contributed by atoms with Crippen molar-refractivity contribution in [2.45, 2.75) is 38.6 Å². The maximum atomic E-state index is 11.7. The first kappa shape index (κ1) is 12.0. The van der Waals surface area contributed by atoms with E-state index in [1.807, 2.05) is 4.57 Å². The molecule has 1 aromatic rings. The average Bonchev–Trinajstić information content (AvgIpc) is 2.79. The normalized spacial score (nSPS) is 16.3. The molecular formula is C12H14BNO3. The lowest BCUT2D eigenvalue weighted by Gasteiger charge is -2.20. The smallest absolute Gasteiger partial charge is 0.341 e. The van der Waals surface area contributed by atoms with E-state index in [-0.39, 0.29) is 17.1 Å². The first-order valence-electron chi connectivity index (χ1n) is 5.77. The van der Waals surface area contributed by atoms with Gasteiger partial charge >= 0.3 is 5.97 Å². The molecule has 0 atom stereocenters. The summed E-state index contributed by atoms with van der Waals surface area (Å²) in [5.74, 6) is -1.21. The molecule has 1 N–H and O–H groups in total. The standard InChI is InChI=1S/C12H14BNO3/c1-7-10(13)11(15)9(12(16)17)6-14(7)8-4-2-3-5-8/h6,8H,2-5H2,1H3,(H,16,17). The van der Waals surface area contributed by atoms with E-state index >= 15 is 0 Å². The topological polar surface area (TPSA) is 59.3 Å². The minimum absolute atomic E-state index is 0.0526. The van der Waals surface area contributed by atoms with Crippen LogP contribution in [0.25, 0.3) is 0 Å². The van der Waals surface area contributed by atoms with E-state index in [2.05, 4.69) is 0 Å². The van der Waals surface area contributed by atoms with E-state index in [0.29, 0.717) is 5.69 Å². The zero-order valence-corrected chi connectivity index (χ0v) is 9.77. The van der Waals surface area contributed by atoms with Crippen molar-refractivity contribution in [3.8, 4) is 0 Å². The van der Waals surface area contributed by atoms with Gasteiger partial charge in [0.15, 0.2) is 5.43 Å². The minimum atomic E-state index is -1.21. The van der Waals surface area contributed by atoms with Gasteiger partial charge in [-0.15, -0.1) is 0 Å². The number of hydrogen-bond acceptors (Lipinski definition) is 2. The molecule has 1 heterocycles. The summed E-state index contributed by atoms with van der Waals surface area (Å²) in [7, 11) is 5.69. The lowest BCUT2D eigenvalue weighted by molar-refractivity contribution is 0.0694. The molecule has 4 nitrogen and oxygen atoms in total. The quantitative estimate of drug-likeness (QED) is 0.764. The number of carboxylic acid groups (broad SMARTS) is 1. The summed E-state index contributed by atoms with van der Waals surface area (Å²) in [5, 5.41) is 8.98. The lowest BCUT2D eigenvalue weighted by Crippen LogP contribution is -2.36. The van der Waals surface area contributed by atoms with Gasteiger partial charge in [-0.1, -0.05) is 12.8 Å². The minimum Gasteiger partial charge on any atom is -0.477 e. The van der Waals surface area contributed by atoms with Crippen LogP contribution in [0.4, 0.5) is 0 Å². The second kappa shape index (κ2) is 4.39. The van der Waals surface area contributed by atoms with E-state index in [4.69, 9.17) is 13.0 Å². The summed E-state index contributed by atoms with van der Waals surface area (Å²) in [5.41, 5.74) is -0.0899. The van der Waals surface area contributed by atoms with Crippen molar-refractivity contribution in [3.05, 3.63) is 27.7 Å². The van der Waals surface area contributed by atoms with Gasteiger partial charge in [-0.05, 0) is 25.2 Å². The van der Waals surface area contributed by atoms with Crippen molar-refractivity contribution in [2.24, 2.45) is 0 Å². The molecule has 0 amide bonds. The van der Waals surface area contributed by atoms with Crippen LogP contribution in [-0.4, -0.2) is 23.5 Å².